The van der Waals surface area contributed by atoms with Crippen molar-refractivity contribution in [3.63, 3.8) is 0 Å². The third-order valence-electron chi connectivity index (χ3n) is 2.74. The number of halogens is 1. The molecule has 1 amide bonds. The molecule has 1 aromatic rings. The van der Waals surface area contributed by atoms with Crippen LogP contribution in [0.5, 0.6) is 0 Å². The molecule has 0 aliphatic carbocycles. The van der Waals surface area contributed by atoms with Crippen LogP contribution >= 0.6 is 0 Å². The highest BCUT2D eigenvalue weighted by atomic mass is 19.1. The molecule has 0 atom stereocenters. The first-order chi connectivity index (χ1) is 8.67. The molecule has 0 radical (unpaired) electrons. The van der Waals surface area contributed by atoms with Gasteiger partial charge < -0.3 is 4.90 Å². The smallest absolute Gasteiger partial charge is 0.246 e. The van der Waals surface area contributed by atoms with Gasteiger partial charge in [0.15, 0.2) is 0 Å². The SMILES string of the molecule is CCCCN(CC)C(=O)/C=C/c1cccc(F)c1. The van der Waals surface area contributed by atoms with Gasteiger partial charge in [-0.1, -0.05) is 25.5 Å². The van der Waals surface area contributed by atoms with Crippen molar-refractivity contribution in [3.8, 4) is 0 Å². The molecule has 1 aromatic carbocycles. The molecule has 18 heavy (non-hydrogen) atoms. The van der Waals surface area contributed by atoms with Gasteiger partial charge in [0.1, 0.15) is 5.82 Å². The zero-order valence-electron chi connectivity index (χ0n) is 11.0. The monoisotopic (exact) mass is 249 g/mol. The predicted octanol–water partition coefficient (Wildman–Crippen LogP) is 3.49. The molecule has 2 nitrogen and oxygen atoms in total. The van der Waals surface area contributed by atoms with Gasteiger partial charge in [-0.2, -0.15) is 0 Å². The summed E-state index contributed by atoms with van der Waals surface area (Å²) in [5.74, 6) is -0.307. The lowest BCUT2D eigenvalue weighted by atomic mass is 10.2. The molecule has 0 aliphatic rings. The lowest BCUT2D eigenvalue weighted by molar-refractivity contribution is -0.125. The Morgan fingerprint density at radius 1 is 1.39 bits per heavy atom. The second-order valence-corrected chi connectivity index (χ2v) is 4.16. The van der Waals surface area contributed by atoms with E-state index in [9.17, 15) is 9.18 Å². The summed E-state index contributed by atoms with van der Waals surface area (Å²) < 4.78 is 13.0. The predicted molar refractivity (Wildman–Crippen MR) is 72.6 cm³/mol. The second-order valence-electron chi connectivity index (χ2n) is 4.16. The summed E-state index contributed by atoms with van der Waals surface area (Å²) in [6.45, 7) is 5.54. The quantitative estimate of drug-likeness (QED) is 0.707. The molecule has 0 spiro atoms. The van der Waals surface area contributed by atoms with E-state index in [1.165, 1.54) is 18.2 Å². The van der Waals surface area contributed by atoms with Gasteiger partial charge >= 0.3 is 0 Å². The summed E-state index contributed by atoms with van der Waals surface area (Å²) in [4.78, 5) is 13.7. The third-order valence-corrected chi connectivity index (χ3v) is 2.74. The van der Waals surface area contributed by atoms with E-state index in [0.717, 1.165) is 19.4 Å². The zero-order chi connectivity index (χ0) is 13.4. The summed E-state index contributed by atoms with van der Waals surface area (Å²) in [6, 6.07) is 6.20. The van der Waals surface area contributed by atoms with Crippen LogP contribution in [0.15, 0.2) is 30.3 Å². The topological polar surface area (TPSA) is 20.3 Å². The lowest BCUT2D eigenvalue weighted by Crippen LogP contribution is -2.30. The summed E-state index contributed by atoms with van der Waals surface area (Å²) >= 11 is 0. The van der Waals surface area contributed by atoms with Gasteiger partial charge in [-0.15, -0.1) is 0 Å². The Bertz CT molecular complexity index is 415. The Hall–Kier alpha value is -1.64. The zero-order valence-corrected chi connectivity index (χ0v) is 11.0. The van der Waals surface area contributed by atoms with E-state index in [1.807, 2.05) is 6.92 Å². The van der Waals surface area contributed by atoms with E-state index in [2.05, 4.69) is 6.92 Å². The van der Waals surface area contributed by atoms with Gasteiger partial charge in [-0.25, -0.2) is 4.39 Å². The van der Waals surface area contributed by atoms with Crippen LogP contribution in [0.2, 0.25) is 0 Å². The Kier molecular flexibility index (Phi) is 6.12. The van der Waals surface area contributed by atoms with Crippen LogP contribution in [0.4, 0.5) is 4.39 Å². The maximum atomic E-state index is 13.0. The van der Waals surface area contributed by atoms with Crippen molar-refractivity contribution in [1.29, 1.82) is 0 Å². The molecule has 3 heteroatoms. The van der Waals surface area contributed by atoms with Crippen molar-refractivity contribution < 1.29 is 9.18 Å². The van der Waals surface area contributed by atoms with Gasteiger partial charge in [0.05, 0.1) is 0 Å². The number of likely N-dealkylation sites (N-methyl/N-ethyl adjacent to an activating group) is 1. The molecule has 0 aromatic heterocycles. The second kappa shape index (κ2) is 7.64. The highest BCUT2D eigenvalue weighted by Crippen LogP contribution is 2.06. The molecular weight excluding hydrogens is 229 g/mol. The fourth-order valence-electron chi connectivity index (χ4n) is 1.66. The minimum Gasteiger partial charge on any atom is -0.339 e. The van der Waals surface area contributed by atoms with Crippen LogP contribution in [0.3, 0.4) is 0 Å². The molecule has 0 saturated heterocycles. The van der Waals surface area contributed by atoms with Crippen LogP contribution in [0.1, 0.15) is 32.3 Å². The summed E-state index contributed by atoms with van der Waals surface area (Å²) in [7, 11) is 0. The van der Waals surface area contributed by atoms with Crippen LogP contribution in [0, 0.1) is 5.82 Å². The Labute approximate surface area is 108 Å². The fourth-order valence-corrected chi connectivity index (χ4v) is 1.66. The first kappa shape index (κ1) is 14.4. The molecule has 98 valence electrons. The average Bonchev–Trinajstić information content (AvgIpc) is 2.37. The van der Waals surface area contributed by atoms with Gasteiger partial charge in [-0.05, 0) is 37.1 Å². The molecule has 0 N–H and O–H groups in total. The van der Waals surface area contributed by atoms with E-state index in [1.54, 1.807) is 23.1 Å². The van der Waals surface area contributed by atoms with Crippen LogP contribution in [-0.2, 0) is 4.79 Å². The van der Waals surface area contributed by atoms with E-state index < -0.39 is 0 Å². The molecule has 0 fully saturated rings. The number of rotatable bonds is 6. The molecule has 0 heterocycles. The van der Waals surface area contributed by atoms with E-state index in [-0.39, 0.29) is 11.7 Å². The molecule has 0 aliphatic heterocycles. The van der Waals surface area contributed by atoms with Crippen molar-refractivity contribution in [2.24, 2.45) is 0 Å². The van der Waals surface area contributed by atoms with E-state index in [4.69, 9.17) is 0 Å². The third kappa shape index (κ3) is 4.70. The first-order valence-corrected chi connectivity index (χ1v) is 6.40. The van der Waals surface area contributed by atoms with Crippen molar-refractivity contribution >= 4 is 12.0 Å². The molecule has 0 saturated carbocycles. The van der Waals surface area contributed by atoms with Crippen molar-refractivity contribution in [2.45, 2.75) is 26.7 Å². The van der Waals surface area contributed by atoms with Gasteiger partial charge in [0, 0.05) is 19.2 Å². The Morgan fingerprint density at radius 3 is 2.78 bits per heavy atom. The summed E-state index contributed by atoms with van der Waals surface area (Å²) in [5.41, 5.74) is 0.704. The number of hydrogen-bond acceptors (Lipinski definition) is 1. The highest BCUT2D eigenvalue weighted by Gasteiger charge is 2.06. The molecule has 0 bridgehead atoms. The van der Waals surface area contributed by atoms with Crippen molar-refractivity contribution in [3.05, 3.63) is 41.7 Å². The minimum absolute atomic E-state index is 0.0183. The van der Waals surface area contributed by atoms with Crippen LogP contribution in [-0.4, -0.2) is 23.9 Å². The maximum absolute atomic E-state index is 13.0. The maximum Gasteiger partial charge on any atom is 0.246 e. The fraction of sp³-hybridized carbons (Fsp3) is 0.400. The van der Waals surface area contributed by atoms with Gasteiger partial charge in [-0.3, -0.25) is 4.79 Å². The largest absolute Gasteiger partial charge is 0.339 e. The summed E-state index contributed by atoms with van der Waals surface area (Å²) in [5, 5.41) is 0. The Morgan fingerprint density at radius 2 is 2.17 bits per heavy atom. The number of carbonyl (C=O) groups excluding carboxylic acids is 1. The molecule has 1 rings (SSSR count). The number of hydrogen-bond donors (Lipinski definition) is 0. The number of nitrogens with zero attached hydrogens (tertiary/aromatic N) is 1. The summed E-state index contributed by atoms with van der Waals surface area (Å²) in [6.07, 6.45) is 5.23. The van der Waals surface area contributed by atoms with Gasteiger partial charge in [0.25, 0.3) is 0 Å². The number of benzene rings is 1. The standard InChI is InChI=1S/C15H20FNO/c1-3-5-11-17(4-2)15(18)10-9-13-7-6-8-14(16)12-13/h6-10,12H,3-5,11H2,1-2H3/b10-9+. The van der Waals surface area contributed by atoms with E-state index >= 15 is 0 Å². The Balaban J connectivity index is 2.62. The van der Waals surface area contributed by atoms with Crippen LogP contribution in [0.25, 0.3) is 6.08 Å². The molecular formula is C15H20FNO. The minimum atomic E-state index is -0.289. The van der Waals surface area contributed by atoms with Crippen molar-refractivity contribution in [2.75, 3.05) is 13.1 Å². The lowest BCUT2D eigenvalue weighted by Gasteiger charge is -2.18. The van der Waals surface area contributed by atoms with Crippen molar-refractivity contribution in [1.82, 2.24) is 4.90 Å². The number of carbonyl (C=O) groups is 1. The molecule has 0 unspecified atom stereocenters. The number of amides is 1. The van der Waals surface area contributed by atoms with Gasteiger partial charge in [0.2, 0.25) is 5.91 Å². The van der Waals surface area contributed by atoms with Crippen LogP contribution < -0.4 is 0 Å². The highest BCUT2D eigenvalue weighted by molar-refractivity contribution is 5.91. The van der Waals surface area contributed by atoms with E-state index in [0.29, 0.717) is 12.1 Å². The average molecular weight is 249 g/mol. The normalized spacial score (nSPS) is 10.8. The first-order valence-electron chi connectivity index (χ1n) is 6.40. The number of unbranched alkanes of at least 4 members (excludes halogenated alkanes) is 1.